The van der Waals surface area contributed by atoms with Crippen LogP contribution in [0.2, 0.25) is 0 Å². The molecule has 2 aromatic carbocycles. The number of pyridine rings is 1. The van der Waals surface area contributed by atoms with Crippen molar-refractivity contribution in [3.63, 3.8) is 0 Å². The standard InChI is InChI=1S/C29H31F3INO/c1-18(2)26-15-24(33)16-27(34-26)25-14-19(3)4-13-28(25)35-17-20-5-7-21(8-6-20)22-9-11-23(12-10-22)29(30,31)32/h4-8,13-16,18,22-23H,9-12,17H2,1-3H3. The zero-order chi connectivity index (χ0) is 25.2. The van der Waals surface area contributed by atoms with E-state index < -0.39 is 12.1 Å². The number of hydrogen-bond acceptors (Lipinski definition) is 2. The van der Waals surface area contributed by atoms with Crippen LogP contribution in [0.25, 0.3) is 11.3 Å². The molecule has 1 aliphatic carbocycles. The first kappa shape index (κ1) is 26.0. The van der Waals surface area contributed by atoms with Gasteiger partial charge in [0.1, 0.15) is 12.4 Å². The van der Waals surface area contributed by atoms with Crippen LogP contribution in [-0.4, -0.2) is 11.2 Å². The van der Waals surface area contributed by atoms with E-state index in [4.69, 9.17) is 9.72 Å². The zero-order valence-electron chi connectivity index (χ0n) is 20.3. The number of aryl methyl sites for hydroxylation is 1. The Kier molecular flexibility index (Phi) is 8.09. The van der Waals surface area contributed by atoms with E-state index in [-0.39, 0.29) is 18.8 Å². The van der Waals surface area contributed by atoms with Crippen LogP contribution >= 0.6 is 22.6 Å². The minimum absolute atomic E-state index is 0.203. The number of alkyl halides is 3. The summed E-state index contributed by atoms with van der Waals surface area (Å²) >= 11 is 2.33. The average molecular weight is 593 g/mol. The van der Waals surface area contributed by atoms with Crippen molar-refractivity contribution in [2.24, 2.45) is 5.92 Å². The largest absolute Gasteiger partial charge is 0.488 e. The molecule has 0 amide bonds. The quantitative estimate of drug-likeness (QED) is 0.266. The lowest BCUT2D eigenvalue weighted by molar-refractivity contribution is -0.182. The van der Waals surface area contributed by atoms with Gasteiger partial charge in [0.15, 0.2) is 0 Å². The third-order valence-corrected chi connectivity index (χ3v) is 7.47. The van der Waals surface area contributed by atoms with Crippen molar-refractivity contribution in [3.05, 3.63) is 80.6 Å². The van der Waals surface area contributed by atoms with Crippen molar-refractivity contribution < 1.29 is 17.9 Å². The van der Waals surface area contributed by atoms with Crippen molar-refractivity contribution in [2.45, 2.75) is 71.1 Å². The molecule has 1 heterocycles. The van der Waals surface area contributed by atoms with Crippen LogP contribution < -0.4 is 4.74 Å². The molecule has 1 saturated carbocycles. The first-order valence-corrected chi connectivity index (χ1v) is 13.2. The normalized spacial score (nSPS) is 18.6. The van der Waals surface area contributed by atoms with Gasteiger partial charge < -0.3 is 4.74 Å². The second-order valence-corrected chi connectivity index (χ2v) is 11.1. The third-order valence-electron chi connectivity index (χ3n) is 6.85. The fourth-order valence-electron chi connectivity index (χ4n) is 4.72. The summed E-state index contributed by atoms with van der Waals surface area (Å²) in [4.78, 5) is 4.89. The Hall–Kier alpha value is -2.09. The highest BCUT2D eigenvalue weighted by Gasteiger charge is 2.41. The molecule has 0 bridgehead atoms. The topological polar surface area (TPSA) is 22.1 Å². The van der Waals surface area contributed by atoms with Crippen molar-refractivity contribution >= 4 is 22.6 Å². The summed E-state index contributed by atoms with van der Waals surface area (Å²) in [5.74, 6) is 0.178. The number of benzene rings is 2. The molecule has 4 rings (SSSR count). The molecule has 0 spiro atoms. The predicted molar refractivity (Wildman–Crippen MR) is 143 cm³/mol. The first-order valence-electron chi connectivity index (χ1n) is 12.2. The second kappa shape index (κ2) is 10.9. The molecular formula is C29H31F3INO. The van der Waals surface area contributed by atoms with Crippen molar-refractivity contribution in [3.8, 4) is 17.0 Å². The van der Waals surface area contributed by atoms with E-state index in [0.717, 1.165) is 43.0 Å². The van der Waals surface area contributed by atoms with Crippen LogP contribution in [0.4, 0.5) is 13.2 Å². The van der Waals surface area contributed by atoms with Crippen LogP contribution in [0.3, 0.4) is 0 Å². The van der Waals surface area contributed by atoms with Gasteiger partial charge in [0, 0.05) is 14.8 Å². The highest BCUT2D eigenvalue weighted by molar-refractivity contribution is 14.1. The summed E-state index contributed by atoms with van der Waals surface area (Å²) in [6, 6.07) is 18.5. The minimum atomic E-state index is -4.06. The van der Waals surface area contributed by atoms with Gasteiger partial charge in [-0.1, -0.05) is 49.7 Å². The number of halogens is 4. The Labute approximate surface area is 219 Å². The molecule has 1 aliphatic rings. The van der Waals surface area contributed by atoms with Gasteiger partial charge in [0.2, 0.25) is 0 Å². The number of rotatable bonds is 6. The Morgan fingerprint density at radius 3 is 2.29 bits per heavy atom. The van der Waals surface area contributed by atoms with Crippen LogP contribution in [0.5, 0.6) is 5.75 Å². The maximum absolute atomic E-state index is 13.0. The lowest BCUT2D eigenvalue weighted by Gasteiger charge is -2.30. The fourth-order valence-corrected chi connectivity index (χ4v) is 5.34. The molecule has 3 aromatic rings. The maximum atomic E-state index is 13.0. The smallest absolute Gasteiger partial charge is 0.391 e. The lowest BCUT2D eigenvalue weighted by Crippen LogP contribution is -2.27. The highest BCUT2D eigenvalue weighted by Crippen LogP contribution is 2.43. The monoisotopic (exact) mass is 593 g/mol. The molecule has 0 atom stereocenters. The van der Waals surface area contributed by atoms with Gasteiger partial charge in [0.05, 0.1) is 11.6 Å². The molecule has 1 aromatic heterocycles. The summed E-state index contributed by atoms with van der Waals surface area (Å²) in [7, 11) is 0. The van der Waals surface area contributed by atoms with Gasteiger partial charge in [-0.15, -0.1) is 0 Å². The van der Waals surface area contributed by atoms with Crippen LogP contribution in [0, 0.1) is 16.4 Å². The van der Waals surface area contributed by atoms with Crippen molar-refractivity contribution in [2.75, 3.05) is 0 Å². The number of nitrogens with zero attached hydrogens (tertiary/aromatic N) is 1. The molecule has 0 N–H and O–H groups in total. The molecule has 1 fully saturated rings. The Balaban J connectivity index is 1.45. The lowest BCUT2D eigenvalue weighted by atomic mass is 9.78. The minimum Gasteiger partial charge on any atom is -0.488 e. The molecule has 35 heavy (non-hydrogen) atoms. The SMILES string of the molecule is Cc1ccc(OCc2ccc(C3CCC(C(F)(F)F)CC3)cc2)c(-c2cc(I)cc(C(C)C)n2)c1. The molecule has 0 unspecified atom stereocenters. The highest BCUT2D eigenvalue weighted by atomic mass is 127. The molecular weight excluding hydrogens is 562 g/mol. The molecule has 0 saturated heterocycles. The predicted octanol–water partition coefficient (Wildman–Crippen LogP) is 9.20. The van der Waals surface area contributed by atoms with Crippen LogP contribution in [-0.2, 0) is 6.61 Å². The van der Waals surface area contributed by atoms with Crippen molar-refractivity contribution in [1.82, 2.24) is 4.98 Å². The van der Waals surface area contributed by atoms with Crippen LogP contribution in [0.1, 0.15) is 73.8 Å². The molecule has 6 heteroatoms. The molecule has 2 nitrogen and oxygen atoms in total. The number of ether oxygens (including phenoxy) is 1. The second-order valence-electron chi connectivity index (χ2n) is 9.87. The van der Waals surface area contributed by atoms with Gasteiger partial charge in [-0.3, -0.25) is 4.98 Å². The third kappa shape index (κ3) is 6.57. The number of hydrogen-bond donors (Lipinski definition) is 0. The van der Waals surface area contributed by atoms with Gasteiger partial charge >= 0.3 is 6.18 Å². The van der Waals surface area contributed by atoms with E-state index in [1.807, 2.05) is 36.4 Å². The molecule has 186 valence electrons. The maximum Gasteiger partial charge on any atom is 0.391 e. The molecule has 0 radical (unpaired) electrons. The van der Waals surface area contributed by atoms with Crippen molar-refractivity contribution in [1.29, 1.82) is 0 Å². The van der Waals surface area contributed by atoms with E-state index in [0.29, 0.717) is 25.4 Å². The summed E-state index contributed by atoms with van der Waals surface area (Å²) in [5, 5.41) is 0. The summed E-state index contributed by atoms with van der Waals surface area (Å²) in [5.41, 5.74) is 6.23. The van der Waals surface area contributed by atoms with E-state index in [1.54, 1.807) is 0 Å². The summed E-state index contributed by atoms with van der Waals surface area (Å²) < 4.78 is 46.3. The molecule has 0 aliphatic heterocycles. The fraction of sp³-hybridized carbons (Fsp3) is 0.414. The first-order chi connectivity index (χ1) is 16.6. The average Bonchev–Trinajstić information content (AvgIpc) is 2.82. The van der Waals surface area contributed by atoms with E-state index >= 15 is 0 Å². The zero-order valence-corrected chi connectivity index (χ0v) is 22.5. The van der Waals surface area contributed by atoms with Gasteiger partial charge in [-0.25, -0.2) is 0 Å². The van der Waals surface area contributed by atoms with Crippen LogP contribution in [0.15, 0.2) is 54.6 Å². The van der Waals surface area contributed by atoms with Gasteiger partial charge in [-0.2, -0.15) is 13.2 Å². The Morgan fingerprint density at radius 1 is 0.971 bits per heavy atom. The van der Waals surface area contributed by atoms with E-state index in [9.17, 15) is 13.2 Å². The van der Waals surface area contributed by atoms with E-state index in [2.05, 4.69) is 61.6 Å². The van der Waals surface area contributed by atoms with E-state index in [1.165, 1.54) is 0 Å². The summed E-state index contributed by atoms with van der Waals surface area (Å²) in [6.45, 7) is 6.76. The Bertz CT molecular complexity index is 1150. The number of aromatic nitrogens is 1. The summed E-state index contributed by atoms with van der Waals surface area (Å²) in [6.07, 6.45) is -2.44. The van der Waals surface area contributed by atoms with Gasteiger partial charge in [0.25, 0.3) is 0 Å². The van der Waals surface area contributed by atoms with Gasteiger partial charge in [-0.05, 0) is 102 Å². The Morgan fingerprint density at radius 2 is 1.66 bits per heavy atom.